The van der Waals surface area contributed by atoms with Gasteiger partial charge in [0.25, 0.3) is 0 Å². The van der Waals surface area contributed by atoms with Crippen LogP contribution in [0.15, 0.2) is 12.7 Å². The summed E-state index contributed by atoms with van der Waals surface area (Å²) in [5, 5.41) is 2.50. The van der Waals surface area contributed by atoms with Crippen molar-refractivity contribution in [2.75, 3.05) is 6.61 Å². The van der Waals surface area contributed by atoms with E-state index < -0.39 is 23.7 Å². The molecule has 1 amide bonds. The summed E-state index contributed by atoms with van der Waals surface area (Å²) < 4.78 is 10.0. The lowest BCUT2D eigenvalue weighted by molar-refractivity contribution is -0.146. The van der Waals surface area contributed by atoms with Gasteiger partial charge in [0, 0.05) is 7.34 Å². The first-order chi connectivity index (χ1) is 8.21. The summed E-state index contributed by atoms with van der Waals surface area (Å²) in [6, 6.07) is -0.780. The minimum Gasteiger partial charge on any atom is -0.464 e. The Labute approximate surface area is 110 Å². The van der Waals surface area contributed by atoms with Crippen LogP contribution in [0.1, 0.15) is 36.0 Å². The largest absolute Gasteiger partial charge is 0.464 e. The fourth-order valence-corrected chi connectivity index (χ4v) is 1.21. The van der Waals surface area contributed by atoms with Gasteiger partial charge in [-0.2, -0.15) is 0 Å². The zero-order chi connectivity index (χ0) is 14.3. The molecule has 0 heterocycles. The zero-order valence-electron chi connectivity index (χ0n) is 11.8. The lowest BCUT2D eigenvalue weighted by Crippen LogP contribution is -2.47. The van der Waals surface area contributed by atoms with Crippen molar-refractivity contribution in [2.45, 2.75) is 46.3 Å². The van der Waals surface area contributed by atoms with Gasteiger partial charge in [-0.1, -0.05) is 13.0 Å². The van der Waals surface area contributed by atoms with Crippen LogP contribution in [0, 0.1) is 5.92 Å². The third-order valence-electron chi connectivity index (χ3n) is 2.11. The highest BCUT2D eigenvalue weighted by molar-refractivity contribution is 5.82. The molecule has 1 N–H and O–H groups in total. The zero-order valence-corrected chi connectivity index (χ0v) is 11.8. The monoisotopic (exact) mass is 259 g/mol. The molecule has 0 aliphatic heterocycles. The lowest BCUT2D eigenvalue weighted by Gasteiger charge is -2.24. The number of ether oxygens (including phenoxy) is 2. The van der Waals surface area contributed by atoms with Crippen LogP contribution >= 0.6 is 0 Å². The van der Waals surface area contributed by atoms with Crippen LogP contribution in [-0.4, -0.2) is 30.3 Å². The number of carbonyl (C=O) groups excluding carboxylic acids is 2. The molecular formula is C13H25NO4. The first-order valence-electron chi connectivity index (χ1n) is 6.00. The van der Waals surface area contributed by atoms with Gasteiger partial charge in [-0.05, 0) is 27.7 Å². The van der Waals surface area contributed by atoms with Crippen LogP contribution in [0.3, 0.4) is 0 Å². The summed E-state index contributed by atoms with van der Waals surface area (Å²) in [4.78, 5) is 23.3. The number of rotatable bonds is 5. The molecule has 106 valence electrons. The van der Waals surface area contributed by atoms with E-state index in [9.17, 15) is 9.59 Å². The molecule has 0 aromatic heterocycles. The third-order valence-corrected chi connectivity index (χ3v) is 2.11. The highest BCUT2D eigenvalue weighted by Crippen LogP contribution is 2.10. The number of hydrogen-bond donors (Lipinski definition) is 1. The molecule has 2 atom stereocenters. The van der Waals surface area contributed by atoms with Gasteiger partial charge >= 0.3 is 12.1 Å². The minimum atomic E-state index is -0.780. The van der Waals surface area contributed by atoms with Crippen molar-refractivity contribution in [1.82, 2.24) is 5.32 Å². The molecule has 0 aromatic carbocycles. The Balaban J connectivity index is 0. The van der Waals surface area contributed by atoms with E-state index in [1.165, 1.54) is 0 Å². The van der Waals surface area contributed by atoms with Crippen LogP contribution < -0.4 is 5.32 Å². The second-order valence-corrected chi connectivity index (χ2v) is 4.97. The van der Waals surface area contributed by atoms with Crippen molar-refractivity contribution in [3.8, 4) is 0 Å². The van der Waals surface area contributed by atoms with Crippen molar-refractivity contribution >= 4 is 12.1 Å². The van der Waals surface area contributed by atoms with Gasteiger partial charge in [0.1, 0.15) is 11.6 Å². The molecule has 0 fully saturated rings. The number of nitrogens with one attached hydrogen (secondary N) is 1. The molecule has 0 spiro atoms. The summed E-state index contributed by atoms with van der Waals surface area (Å²) in [5.74, 6) is -0.729. The molecule has 0 rings (SSSR count). The maximum Gasteiger partial charge on any atom is 0.408 e. The fourth-order valence-electron chi connectivity index (χ4n) is 1.21. The number of alkyl carbamates (subject to hydrolysis) is 1. The summed E-state index contributed by atoms with van der Waals surface area (Å²) in [7, 11) is 0. The smallest absolute Gasteiger partial charge is 0.408 e. The fraction of sp³-hybridized carbons (Fsp3) is 0.692. The highest BCUT2D eigenvalue weighted by atomic mass is 16.6. The lowest BCUT2D eigenvalue weighted by atomic mass is 10.0. The number of hydrogen-bond acceptors (Lipinski definition) is 4. The van der Waals surface area contributed by atoms with E-state index in [0.29, 0.717) is 0 Å². The van der Waals surface area contributed by atoms with Crippen LogP contribution in [0.5, 0.6) is 0 Å². The normalized spacial score (nSPS) is 14.3. The predicted octanol–water partition coefficient (Wildman–Crippen LogP) is 2.51. The van der Waals surface area contributed by atoms with Crippen LogP contribution in [-0.2, 0) is 14.3 Å². The summed E-state index contributed by atoms with van der Waals surface area (Å²) in [5.41, 5.74) is -0.610. The van der Waals surface area contributed by atoms with Gasteiger partial charge in [-0.3, -0.25) is 0 Å². The van der Waals surface area contributed by atoms with Gasteiger partial charge in [0.05, 0.1) is 6.61 Å². The Morgan fingerprint density at radius 2 is 2.00 bits per heavy atom. The average Bonchev–Trinajstić information content (AvgIpc) is 2.22. The molecular weight excluding hydrogens is 234 g/mol. The van der Waals surface area contributed by atoms with Crippen molar-refractivity contribution in [1.29, 1.82) is 0 Å². The Kier molecular flexibility index (Phi) is 6.44. The average molecular weight is 259 g/mol. The van der Waals surface area contributed by atoms with E-state index in [4.69, 9.17) is 9.47 Å². The molecule has 0 radical (unpaired) electrons. The topological polar surface area (TPSA) is 64.6 Å². The van der Waals surface area contributed by atoms with Crippen molar-refractivity contribution in [3.05, 3.63) is 12.7 Å². The Bertz CT molecular complexity index is 312. The number of esters is 1. The van der Waals surface area contributed by atoms with Crippen molar-refractivity contribution in [2.24, 2.45) is 5.92 Å². The maximum absolute atomic E-state index is 11.7. The van der Waals surface area contributed by atoms with E-state index in [1.807, 2.05) is 0 Å². The first kappa shape index (κ1) is 16.5. The number of amides is 1. The van der Waals surface area contributed by atoms with Gasteiger partial charge in [-0.15, -0.1) is 6.58 Å². The molecule has 5 heteroatoms. The Morgan fingerprint density at radius 1 is 1.44 bits per heavy atom. The molecule has 0 aliphatic carbocycles. The van der Waals surface area contributed by atoms with Gasteiger partial charge in [0.2, 0.25) is 0 Å². The molecule has 0 saturated carbocycles. The van der Waals surface area contributed by atoms with Gasteiger partial charge < -0.3 is 14.8 Å². The molecule has 18 heavy (non-hydrogen) atoms. The number of carbonyl (C=O) groups is 2. The second kappa shape index (κ2) is 7.03. The molecule has 0 unspecified atom stereocenters. The quantitative estimate of drug-likeness (QED) is 0.608. The SMILES string of the molecule is C=C[C@H](C)[C@@H](NC(=O)OC(C)(C)C)C(=O)OCC.[HH]. The molecule has 5 nitrogen and oxygen atoms in total. The predicted molar refractivity (Wildman–Crippen MR) is 71.3 cm³/mol. The van der Waals surface area contributed by atoms with Crippen molar-refractivity contribution < 1.29 is 20.5 Å². The summed E-state index contributed by atoms with van der Waals surface area (Å²) in [6.07, 6.45) is 0.938. The summed E-state index contributed by atoms with van der Waals surface area (Å²) in [6.45, 7) is 12.6. The molecule has 0 aliphatic rings. The molecule has 0 aromatic rings. The van der Waals surface area contributed by atoms with E-state index in [1.54, 1.807) is 40.7 Å². The van der Waals surface area contributed by atoms with E-state index >= 15 is 0 Å². The van der Waals surface area contributed by atoms with Crippen molar-refractivity contribution in [3.63, 3.8) is 0 Å². The van der Waals surface area contributed by atoms with Gasteiger partial charge in [-0.25, -0.2) is 9.59 Å². The Morgan fingerprint density at radius 3 is 2.39 bits per heavy atom. The minimum absolute atomic E-state index is 0. The molecule has 0 bridgehead atoms. The Hall–Kier alpha value is -1.52. The van der Waals surface area contributed by atoms with E-state index in [-0.39, 0.29) is 14.0 Å². The first-order valence-corrected chi connectivity index (χ1v) is 6.00. The van der Waals surface area contributed by atoms with E-state index in [0.717, 1.165) is 0 Å². The van der Waals surface area contributed by atoms with Crippen LogP contribution in [0.4, 0.5) is 4.79 Å². The standard InChI is InChI=1S/C13H23NO4.H2/c1-7-9(3)10(11(15)17-8-2)14-12(16)18-13(4,5)6;/h7,9-10H,1,8H2,2-6H3,(H,14,16);1H/t9-,10+;/m0./s1. The third kappa shape index (κ3) is 6.27. The van der Waals surface area contributed by atoms with Gasteiger partial charge in [0.15, 0.2) is 0 Å². The van der Waals surface area contributed by atoms with E-state index in [2.05, 4.69) is 11.9 Å². The second-order valence-electron chi connectivity index (χ2n) is 4.97. The molecule has 0 saturated heterocycles. The maximum atomic E-state index is 11.7. The summed E-state index contributed by atoms with van der Waals surface area (Å²) >= 11 is 0. The van der Waals surface area contributed by atoms with Crippen LogP contribution in [0.25, 0.3) is 0 Å². The van der Waals surface area contributed by atoms with Crippen LogP contribution in [0.2, 0.25) is 0 Å². The highest BCUT2D eigenvalue weighted by Gasteiger charge is 2.28.